The number of rotatable bonds is 7. The number of piperazine rings is 1. The Balaban J connectivity index is 1.57. The maximum absolute atomic E-state index is 14.5. The molecule has 40 heavy (non-hydrogen) atoms. The van der Waals surface area contributed by atoms with Crippen molar-refractivity contribution in [2.75, 3.05) is 66.6 Å². The minimum atomic E-state index is -0.683. The molecule has 2 atom stereocenters. The Bertz CT molecular complexity index is 1390. The average Bonchev–Trinajstić information content (AvgIpc) is 3.01. The lowest BCUT2D eigenvalue weighted by molar-refractivity contribution is -0.134. The standard InChI is InChI=1S/C30H34N4O6/c1-32-28(19-9-10-22(37-2)23(16-19)38-3)27(20-17-24(39-4)25(40-5)18-21(20)29(32)35)30(36)34-14-12-33(13-15-34)26-8-6-7-11-31-26/h6-11,16-18,27-28H,12-15H2,1-5H3/t27-,28+/m1/s1. The first-order valence-corrected chi connectivity index (χ1v) is 13.1. The highest BCUT2D eigenvalue weighted by atomic mass is 16.5. The summed E-state index contributed by atoms with van der Waals surface area (Å²) in [7, 11) is 7.93. The smallest absolute Gasteiger partial charge is 0.254 e. The van der Waals surface area contributed by atoms with Crippen molar-refractivity contribution in [3.05, 3.63) is 71.4 Å². The van der Waals surface area contributed by atoms with E-state index in [4.69, 9.17) is 18.9 Å². The van der Waals surface area contributed by atoms with Gasteiger partial charge in [0.2, 0.25) is 5.91 Å². The maximum atomic E-state index is 14.5. The van der Waals surface area contributed by atoms with Gasteiger partial charge < -0.3 is 33.6 Å². The first-order chi connectivity index (χ1) is 19.4. The van der Waals surface area contributed by atoms with E-state index in [9.17, 15) is 9.59 Å². The van der Waals surface area contributed by atoms with Gasteiger partial charge in [-0.2, -0.15) is 0 Å². The molecule has 0 radical (unpaired) electrons. The molecule has 0 N–H and O–H groups in total. The fraction of sp³-hybridized carbons (Fsp3) is 0.367. The maximum Gasteiger partial charge on any atom is 0.254 e. The Labute approximate surface area is 234 Å². The molecule has 10 nitrogen and oxygen atoms in total. The van der Waals surface area contributed by atoms with Gasteiger partial charge in [-0.25, -0.2) is 4.98 Å². The Morgan fingerprint density at radius 1 is 0.825 bits per heavy atom. The van der Waals surface area contributed by atoms with Gasteiger partial charge in [-0.1, -0.05) is 12.1 Å². The molecule has 210 valence electrons. The van der Waals surface area contributed by atoms with E-state index in [0.29, 0.717) is 60.3 Å². The predicted octanol–water partition coefficient (Wildman–Crippen LogP) is 3.38. The molecule has 1 saturated heterocycles. The molecule has 1 aromatic heterocycles. The van der Waals surface area contributed by atoms with E-state index in [0.717, 1.165) is 11.4 Å². The highest BCUT2D eigenvalue weighted by molar-refractivity contribution is 6.02. The van der Waals surface area contributed by atoms with Gasteiger partial charge in [0.15, 0.2) is 23.0 Å². The number of hydrogen-bond donors (Lipinski definition) is 0. The summed E-state index contributed by atoms with van der Waals surface area (Å²) >= 11 is 0. The molecule has 0 spiro atoms. The number of methoxy groups -OCH3 is 4. The van der Waals surface area contributed by atoms with E-state index in [2.05, 4.69) is 9.88 Å². The van der Waals surface area contributed by atoms with Crippen LogP contribution in [-0.4, -0.2) is 88.3 Å². The zero-order valence-electron chi connectivity index (χ0n) is 23.4. The normalized spacial score (nSPS) is 18.7. The van der Waals surface area contributed by atoms with Crippen LogP contribution in [0.4, 0.5) is 5.82 Å². The Kier molecular flexibility index (Phi) is 7.68. The molecule has 0 unspecified atom stereocenters. The molecule has 0 aliphatic carbocycles. The van der Waals surface area contributed by atoms with E-state index in [1.54, 1.807) is 57.7 Å². The molecule has 3 heterocycles. The summed E-state index contributed by atoms with van der Waals surface area (Å²) in [6.07, 6.45) is 1.77. The number of amides is 2. The fourth-order valence-electron chi connectivity index (χ4n) is 5.66. The number of likely N-dealkylation sites (N-methyl/N-ethyl adjacent to an activating group) is 1. The lowest BCUT2D eigenvalue weighted by atomic mass is 9.78. The summed E-state index contributed by atoms with van der Waals surface area (Å²) < 4.78 is 22.1. The second-order valence-corrected chi connectivity index (χ2v) is 9.75. The quantitative estimate of drug-likeness (QED) is 0.445. The zero-order valence-corrected chi connectivity index (χ0v) is 23.4. The molecule has 2 aromatic carbocycles. The highest BCUT2D eigenvalue weighted by Gasteiger charge is 2.45. The fourth-order valence-corrected chi connectivity index (χ4v) is 5.66. The molecular formula is C30H34N4O6. The van der Waals surface area contributed by atoms with Crippen LogP contribution < -0.4 is 23.8 Å². The number of aromatic nitrogens is 1. The van der Waals surface area contributed by atoms with Crippen LogP contribution in [0.5, 0.6) is 23.0 Å². The Morgan fingerprint density at radius 2 is 1.48 bits per heavy atom. The van der Waals surface area contributed by atoms with Gasteiger partial charge in [-0.15, -0.1) is 0 Å². The van der Waals surface area contributed by atoms with E-state index < -0.39 is 12.0 Å². The van der Waals surface area contributed by atoms with Gasteiger partial charge in [-0.3, -0.25) is 9.59 Å². The summed E-state index contributed by atoms with van der Waals surface area (Å²) in [4.78, 5) is 38.3. The highest BCUT2D eigenvalue weighted by Crippen LogP contribution is 2.47. The third kappa shape index (κ3) is 4.74. The second-order valence-electron chi connectivity index (χ2n) is 9.75. The third-order valence-corrected chi connectivity index (χ3v) is 7.75. The molecule has 10 heteroatoms. The molecular weight excluding hydrogens is 512 g/mol. The summed E-state index contributed by atoms with van der Waals surface area (Å²) in [5.41, 5.74) is 1.79. The number of ether oxygens (including phenoxy) is 4. The van der Waals surface area contributed by atoms with Crippen LogP contribution in [-0.2, 0) is 4.79 Å². The van der Waals surface area contributed by atoms with Crippen LogP contribution in [0.2, 0.25) is 0 Å². The van der Waals surface area contributed by atoms with E-state index in [1.807, 2.05) is 35.2 Å². The third-order valence-electron chi connectivity index (χ3n) is 7.75. The van der Waals surface area contributed by atoms with Crippen LogP contribution in [0.1, 0.15) is 33.4 Å². The number of benzene rings is 2. The van der Waals surface area contributed by atoms with Gasteiger partial charge in [-0.05, 0) is 47.5 Å². The topological polar surface area (TPSA) is 93.7 Å². The van der Waals surface area contributed by atoms with Gasteiger partial charge >= 0.3 is 0 Å². The number of nitrogens with zero attached hydrogens (tertiary/aromatic N) is 4. The summed E-state index contributed by atoms with van der Waals surface area (Å²) in [5.74, 6) is 1.92. The first kappa shape index (κ1) is 27.1. The van der Waals surface area contributed by atoms with Crippen LogP contribution in [0, 0.1) is 0 Å². The predicted molar refractivity (Wildman–Crippen MR) is 150 cm³/mol. The number of carbonyl (C=O) groups is 2. The van der Waals surface area contributed by atoms with E-state index in [-0.39, 0.29) is 11.8 Å². The van der Waals surface area contributed by atoms with Crippen molar-refractivity contribution in [2.24, 2.45) is 0 Å². The van der Waals surface area contributed by atoms with Crippen molar-refractivity contribution in [3.8, 4) is 23.0 Å². The van der Waals surface area contributed by atoms with Gasteiger partial charge in [0.1, 0.15) is 5.82 Å². The molecule has 5 rings (SSSR count). The minimum Gasteiger partial charge on any atom is -0.493 e. The minimum absolute atomic E-state index is 0.0618. The molecule has 3 aromatic rings. The summed E-state index contributed by atoms with van der Waals surface area (Å²) in [6, 6.07) is 14.2. The number of anilines is 1. The van der Waals surface area contributed by atoms with Crippen molar-refractivity contribution in [1.29, 1.82) is 0 Å². The van der Waals surface area contributed by atoms with Gasteiger partial charge in [0.25, 0.3) is 5.91 Å². The van der Waals surface area contributed by atoms with Gasteiger partial charge in [0, 0.05) is 45.0 Å². The zero-order chi connectivity index (χ0) is 28.4. The van der Waals surface area contributed by atoms with Crippen molar-refractivity contribution in [1.82, 2.24) is 14.8 Å². The molecule has 2 aliphatic rings. The second kappa shape index (κ2) is 11.3. The summed E-state index contributed by atoms with van der Waals surface area (Å²) in [6.45, 7) is 2.38. The molecule has 2 aliphatic heterocycles. The lowest BCUT2D eigenvalue weighted by Gasteiger charge is -2.43. The number of hydrogen-bond acceptors (Lipinski definition) is 8. The number of pyridine rings is 1. The SMILES string of the molecule is COc1ccc([C@H]2[C@H](C(=O)N3CCN(c4ccccn4)CC3)c3cc(OC)c(OC)cc3C(=O)N2C)cc1OC. The lowest BCUT2D eigenvalue weighted by Crippen LogP contribution is -2.53. The van der Waals surface area contributed by atoms with Crippen molar-refractivity contribution >= 4 is 17.6 Å². The molecule has 2 amide bonds. The Hall–Kier alpha value is -4.47. The van der Waals surface area contributed by atoms with E-state index in [1.165, 1.54) is 7.11 Å². The van der Waals surface area contributed by atoms with Crippen LogP contribution in [0.3, 0.4) is 0 Å². The average molecular weight is 547 g/mol. The van der Waals surface area contributed by atoms with Crippen LogP contribution >= 0.6 is 0 Å². The van der Waals surface area contributed by atoms with Crippen LogP contribution in [0.15, 0.2) is 54.7 Å². The Morgan fingerprint density at radius 3 is 2.10 bits per heavy atom. The number of carbonyl (C=O) groups excluding carboxylic acids is 2. The van der Waals surface area contributed by atoms with Gasteiger partial charge in [0.05, 0.1) is 40.4 Å². The largest absolute Gasteiger partial charge is 0.493 e. The van der Waals surface area contributed by atoms with Crippen LogP contribution in [0.25, 0.3) is 0 Å². The van der Waals surface area contributed by atoms with E-state index >= 15 is 0 Å². The number of fused-ring (bicyclic) bond motifs is 1. The van der Waals surface area contributed by atoms with Crippen molar-refractivity contribution in [2.45, 2.75) is 12.0 Å². The monoisotopic (exact) mass is 546 g/mol. The van der Waals surface area contributed by atoms with Crippen molar-refractivity contribution in [3.63, 3.8) is 0 Å². The van der Waals surface area contributed by atoms with Crippen molar-refractivity contribution < 1.29 is 28.5 Å². The first-order valence-electron chi connectivity index (χ1n) is 13.1. The summed E-state index contributed by atoms with van der Waals surface area (Å²) in [5, 5.41) is 0. The molecule has 1 fully saturated rings. The molecule has 0 bridgehead atoms. The molecule has 0 saturated carbocycles.